The smallest absolute Gasteiger partial charge is 0.351 e. The highest BCUT2D eigenvalue weighted by Crippen LogP contribution is 2.17. The van der Waals surface area contributed by atoms with Crippen molar-refractivity contribution in [2.75, 3.05) is 5.32 Å². The van der Waals surface area contributed by atoms with E-state index < -0.39 is 29.9 Å². The molecule has 2 aromatic rings. The van der Waals surface area contributed by atoms with E-state index in [-0.39, 0.29) is 12.3 Å². The molecule has 0 radical (unpaired) electrons. The highest BCUT2D eigenvalue weighted by Gasteiger charge is 2.44. The first kappa shape index (κ1) is 18.2. The van der Waals surface area contributed by atoms with Gasteiger partial charge in [-0.2, -0.15) is 0 Å². The van der Waals surface area contributed by atoms with E-state index in [4.69, 9.17) is 9.52 Å². The van der Waals surface area contributed by atoms with Crippen molar-refractivity contribution in [3.05, 3.63) is 54.0 Å². The number of nitrogens with one attached hydrogen (secondary N) is 2. The molecule has 0 saturated carbocycles. The number of rotatable bonds is 7. The van der Waals surface area contributed by atoms with Gasteiger partial charge in [0, 0.05) is 12.2 Å². The Hall–Kier alpha value is -3.16. The number of furan rings is 1. The fraction of sp³-hybridized carbons (Fsp3) is 0.235. The first-order valence-corrected chi connectivity index (χ1v) is 7.51. The number of carbonyl (C=O) groups is 3. The second kappa shape index (κ2) is 7.61. The Kier molecular flexibility index (Phi) is 5.53. The zero-order chi connectivity index (χ0) is 18.4. The SMILES string of the molecule is CCC(F)(C(=O)O)C(=O)NCc1ccc(NC(=O)c2ccco2)cc1. The summed E-state index contributed by atoms with van der Waals surface area (Å²) in [5, 5.41) is 13.7. The molecule has 1 atom stereocenters. The van der Waals surface area contributed by atoms with Gasteiger partial charge >= 0.3 is 5.97 Å². The lowest BCUT2D eigenvalue weighted by Gasteiger charge is -2.18. The molecule has 1 aromatic heterocycles. The van der Waals surface area contributed by atoms with Crippen molar-refractivity contribution in [1.29, 1.82) is 0 Å². The van der Waals surface area contributed by atoms with E-state index >= 15 is 0 Å². The van der Waals surface area contributed by atoms with Crippen LogP contribution in [-0.2, 0) is 16.1 Å². The maximum absolute atomic E-state index is 14.0. The van der Waals surface area contributed by atoms with Gasteiger partial charge in [0.2, 0.25) is 0 Å². The minimum absolute atomic E-state index is 0.0375. The number of halogens is 1. The molecule has 0 saturated heterocycles. The molecule has 0 fully saturated rings. The quantitative estimate of drug-likeness (QED) is 0.666. The number of anilines is 1. The van der Waals surface area contributed by atoms with Crippen LogP contribution in [0.3, 0.4) is 0 Å². The van der Waals surface area contributed by atoms with Crippen molar-refractivity contribution in [3.8, 4) is 0 Å². The van der Waals surface area contributed by atoms with Gasteiger partial charge in [-0.3, -0.25) is 9.59 Å². The molecule has 1 aromatic carbocycles. The summed E-state index contributed by atoms with van der Waals surface area (Å²) in [4.78, 5) is 34.4. The summed E-state index contributed by atoms with van der Waals surface area (Å²) < 4.78 is 19.0. The molecule has 7 nitrogen and oxygen atoms in total. The maximum atomic E-state index is 14.0. The molecule has 8 heteroatoms. The predicted molar refractivity (Wildman–Crippen MR) is 86.7 cm³/mol. The molecule has 132 valence electrons. The van der Waals surface area contributed by atoms with E-state index in [1.165, 1.54) is 19.3 Å². The molecule has 0 bridgehead atoms. The van der Waals surface area contributed by atoms with Crippen LogP contribution in [0.25, 0.3) is 0 Å². The molecule has 0 aliphatic rings. The van der Waals surface area contributed by atoms with Crippen LogP contribution in [0, 0.1) is 0 Å². The molecule has 1 unspecified atom stereocenters. The lowest BCUT2D eigenvalue weighted by molar-refractivity contribution is -0.158. The summed E-state index contributed by atoms with van der Waals surface area (Å²) in [5.74, 6) is -3.25. The molecule has 3 N–H and O–H groups in total. The Morgan fingerprint density at radius 2 is 1.88 bits per heavy atom. The van der Waals surface area contributed by atoms with Gasteiger partial charge in [0.05, 0.1) is 6.26 Å². The highest BCUT2D eigenvalue weighted by atomic mass is 19.1. The number of hydrogen-bond donors (Lipinski definition) is 3. The van der Waals surface area contributed by atoms with Crippen molar-refractivity contribution in [1.82, 2.24) is 5.32 Å². The van der Waals surface area contributed by atoms with E-state index in [9.17, 15) is 18.8 Å². The predicted octanol–water partition coefficient (Wildman–Crippen LogP) is 2.35. The molecule has 2 rings (SSSR count). The molecular weight excluding hydrogens is 331 g/mol. The topological polar surface area (TPSA) is 109 Å². The van der Waals surface area contributed by atoms with Crippen molar-refractivity contribution in [2.24, 2.45) is 0 Å². The van der Waals surface area contributed by atoms with Crippen LogP contribution in [0.1, 0.15) is 29.5 Å². The van der Waals surface area contributed by atoms with Crippen LogP contribution in [0.4, 0.5) is 10.1 Å². The third kappa shape index (κ3) is 4.23. The van der Waals surface area contributed by atoms with Gasteiger partial charge in [-0.15, -0.1) is 0 Å². The van der Waals surface area contributed by atoms with E-state index in [2.05, 4.69) is 10.6 Å². The zero-order valence-electron chi connectivity index (χ0n) is 13.4. The van der Waals surface area contributed by atoms with Gasteiger partial charge in [0.1, 0.15) is 0 Å². The molecule has 0 aliphatic heterocycles. The average Bonchev–Trinajstić information content (AvgIpc) is 3.14. The fourth-order valence-corrected chi connectivity index (χ4v) is 2.04. The summed E-state index contributed by atoms with van der Waals surface area (Å²) in [7, 11) is 0. The zero-order valence-corrected chi connectivity index (χ0v) is 13.4. The maximum Gasteiger partial charge on any atom is 0.351 e. The standard InChI is InChI=1S/C17H17FN2O5/c1-2-17(18,16(23)24)15(22)19-10-11-5-7-12(8-6-11)20-14(21)13-4-3-9-25-13/h3-9H,2,10H2,1H3,(H,19,22)(H,20,21)(H,23,24). The normalized spacial score (nSPS) is 12.9. The first-order valence-electron chi connectivity index (χ1n) is 7.51. The van der Waals surface area contributed by atoms with Crippen LogP contribution in [0.5, 0.6) is 0 Å². The highest BCUT2D eigenvalue weighted by molar-refractivity contribution is 6.05. The number of amides is 2. The lowest BCUT2D eigenvalue weighted by Crippen LogP contribution is -2.48. The van der Waals surface area contributed by atoms with Gasteiger partial charge in [0.15, 0.2) is 5.76 Å². The molecule has 0 spiro atoms. The van der Waals surface area contributed by atoms with Crippen LogP contribution in [0.2, 0.25) is 0 Å². The monoisotopic (exact) mass is 348 g/mol. The first-order chi connectivity index (χ1) is 11.9. The fourth-order valence-electron chi connectivity index (χ4n) is 2.04. The second-order valence-electron chi connectivity index (χ2n) is 5.27. The Morgan fingerprint density at radius 3 is 2.40 bits per heavy atom. The Morgan fingerprint density at radius 1 is 1.20 bits per heavy atom. The third-order valence-electron chi connectivity index (χ3n) is 3.60. The van der Waals surface area contributed by atoms with Crippen LogP contribution in [-0.4, -0.2) is 28.6 Å². The Labute approximate surface area is 142 Å². The van der Waals surface area contributed by atoms with E-state index in [1.807, 2.05) is 0 Å². The Bertz CT molecular complexity index is 758. The van der Waals surface area contributed by atoms with Crippen molar-refractivity contribution in [3.63, 3.8) is 0 Å². The average molecular weight is 348 g/mol. The molecule has 0 aliphatic carbocycles. The second-order valence-corrected chi connectivity index (χ2v) is 5.27. The van der Waals surface area contributed by atoms with E-state index in [1.54, 1.807) is 30.3 Å². The number of aliphatic carboxylic acids is 1. The van der Waals surface area contributed by atoms with Gasteiger partial charge in [0.25, 0.3) is 17.5 Å². The molecule has 25 heavy (non-hydrogen) atoms. The van der Waals surface area contributed by atoms with Crippen molar-refractivity contribution >= 4 is 23.5 Å². The third-order valence-corrected chi connectivity index (χ3v) is 3.60. The van der Waals surface area contributed by atoms with Gasteiger partial charge < -0.3 is 20.2 Å². The number of carboxylic acid groups (broad SMARTS) is 1. The van der Waals surface area contributed by atoms with Crippen LogP contribution in [0.15, 0.2) is 47.1 Å². The van der Waals surface area contributed by atoms with E-state index in [0.717, 1.165) is 0 Å². The minimum Gasteiger partial charge on any atom is -0.478 e. The summed E-state index contributed by atoms with van der Waals surface area (Å²) in [5.41, 5.74) is -1.82. The number of carboxylic acids is 1. The lowest BCUT2D eigenvalue weighted by atomic mass is 10.0. The number of carbonyl (C=O) groups excluding carboxylic acids is 2. The Balaban J connectivity index is 1.93. The summed E-state index contributed by atoms with van der Waals surface area (Å²) in [6, 6.07) is 9.55. The van der Waals surface area contributed by atoms with E-state index in [0.29, 0.717) is 11.3 Å². The number of benzene rings is 1. The molecule has 1 heterocycles. The number of alkyl halides is 1. The summed E-state index contributed by atoms with van der Waals surface area (Å²) >= 11 is 0. The largest absolute Gasteiger partial charge is 0.478 e. The van der Waals surface area contributed by atoms with Gasteiger partial charge in [-0.1, -0.05) is 19.1 Å². The van der Waals surface area contributed by atoms with Crippen molar-refractivity contribution < 1.29 is 28.3 Å². The van der Waals surface area contributed by atoms with Gasteiger partial charge in [-0.05, 0) is 36.2 Å². The minimum atomic E-state index is -2.95. The van der Waals surface area contributed by atoms with Crippen molar-refractivity contribution in [2.45, 2.75) is 25.6 Å². The molecular formula is C17H17FN2O5. The number of hydrogen-bond acceptors (Lipinski definition) is 4. The van der Waals surface area contributed by atoms with Gasteiger partial charge in [-0.25, -0.2) is 9.18 Å². The van der Waals surface area contributed by atoms with Crippen LogP contribution >= 0.6 is 0 Å². The summed E-state index contributed by atoms with van der Waals surface area (Å²) in [6.07, 6.45) is 0.922. The summed E-state index contributed by atoms with van der Waals surface area (Å²) in [6.45, 7) is 1.24. The van der Waals surface area contributed by atoms with Crippen LogP contribution < -0.4 is 10.6 Å². The molecule has 2 amide bonds.